The van der Waals surface area contributed by atoms with Gasteiger partial charge in [0.2, 0.25) is 0 Å². The molecular weight excluding hydrogens is 260 g/mol. The molecule has 0 aliphatic carbocycles. The molecule has 104 valence electrons. The van der Waals surface area contributed by atoms with Crippen molar-refractivity contribution in [3.63, 3.8) is 0 Å². The number of benzene rings is 1. The van der Waals surface area contributed by atoms with E-state index in [1.54, 1.807) is 6.92 Å². The summed E-state index contributed by atoms with van der Waals surface area (Å²) in [6.45, 7) is 2.99. The third-order valence-corrected chi connectivity index (χ3v) is 5.01. The number of aryl methyl sites for hydroxylation is 1. The van der Waals surface area contributed by atoms with Gasteiger partial charge in [-0.2, -0.15) is 0 Å². The molecule has 0 saturated carbocycles. The zero-order valence-corrected chi connectivity index (χ0v) is 12.2. The molecule has 2 rings (SSSR count). The Balaban J connectivity index is 2.33. The fourth-order valence-electron chi connectivity index (χ4n) is 2.22. The number of rotatable bonds is 6. The van der Waals surface area contributed by atoms with Gasteiger partial charge in [0.15, 0.2) is 9.84 Å². The summed E-state index contributed by atoms with van der Waals surface area (Å²) in [6, 6.07) is 8.10. The maximum absolute atomic E-state index is 11.6. The van der Waals surface area contributed by atoms with E-state index in [-0.39, 0.29) is 11.5 Å². The predicted octanol–water partition coefficient (Wildman–Crippen LogP) is 1.80. The van der Waals surface area contributed by atoms with Gasteiger partial charge in [-0.1, -0.05) is 25.1 Å². The van der Waals surface area contributed by atoms with Gasteiger partial charge >= 0.3 is 0 Å². The van der Waals surface area contributed by atoms with Crippen LogP contribution in [0.15, 0.2) is 30.5 Å². The van der Waals surface area contributed by atoms with Crippen LogP contribution in [-0.2, 0) is 22.9 Å². The third kappa shape index (κ3) is 3.16. The molecule has 1 aromatic heterocycles. The number of para-hydroxylation sites is 1. The highest BCUT2D eigenvalue weighted by Gasteiger charge is 2.11. The Morgan fingerprint density at radius 3 is 2.68 bits per heavy atom. The summed E-state index contributed by atoms with van der Waals surface area (Å²) in [5.41, 5.74) is 2.30. The van der Waals surface area contributed by atoms with E-state index in [1.807, 2.05) is 36.0 Å². The van der Waals surface area contributed by atoms with Gasteiger partial charge in [-0.3, -0.25) is 0 Å². The Labute approximate surface area is 114 Å². The van der Waals surface area contributed by atoms with Gasteiger partial charge in [0.05, 0.1) is 5.75 Å². The Kier molecular flexibility index (Phi) is 4.27. The highest BCUT2D eigenvalue weighted by Crippen LogP contribution is 2.21. The first-order valence-electron chi connectivity index (χ1n) is 6.49. The van der Waals surface area contributed by atoms with Crippen molar-refractivity contribution in [2.45, 2.75) is 20.0 Å². The Bertz CT molecular complexity index is 659. The minimum atomic E-state index is -2.93. The van der Waals surface area contributed by atoms with Gasteiger partial charge in [0.25, 0.3) is 0 Å². The standard InChI is InChI=1S/C14H20N2O2S/c1-3-19(17,18)9-8-16-11-12(10-15-2)13-6-4-5-7-14(13)16/h4-7,11,15H,3,8-10H2,1-2H3. The minimum Gasteiger partial charge on any atom is -0.346 e. The van der Waals surface area contributed by atoms with Crippen LogP contribution >= 0.6 is 0 Å². The number of sulfone groups is 1. The highest BCUT2D eigenvalue weighted by atomic mass is 32.2. The largest absolute Gasteiger partial charge is 0.346 e. The lowest BCUT2D eigenvalue weighted by Crippen LogP contribution is -2.14. The fourth-order valence-corrected chi connectivity index (χ4v) is 2.98. The molecule has 0 amide bonds. The molecule has 0 radical (unpaired) electrons. The second-order valence-electron chi connectivity index (χ2n) is 4.63. The van der Waals surface area contributed by atoms with Crippen LogP contribution in [0.25, 0.3) is 10.9 Å². The molecule has 0 unspecified atom stereocenters. The molecule has 19 heavy (non-hydrogen) atoms. The Morgan fingerprint density at radius 2 is 2.00 bits per heavy atom. The number of hydrogen-bond donors (Lipinski definition) is 1. The molecule has 0 saturated heterocycles. The van der Waals surface area contributed by atoms with Crippen molar-refractivity contribution in [3.05, 3.63) is 36.0 Å². The fraction of sp³-hybridized carbons (Fsp3) is 0.429. The van der Waals surface area contributed by atoms with E-state index in [1.165, 1.54) is 10.9 Å². The zero-order chi connectivity index (χ0) is 13.9. The number of aromatic nitrogens is 1. The van der Waals surface area contributed by atoms with Crippen molar-refractivity contribution in [1.29, 1.82) is 0 Å². The monoisotopic (exact) mass is 280 g/mol. The minimum absolute atomic E-state index is 0.196. The quantitative estimate of drug-likeness (QED) is 0.878. The molecule has 0 aliphatic rings. The molecular formula is C14H20N2O2S. The van der Waals surface area contributed by atoms with Crippen LogP contribution in [0.3, 0.4) is 0 Å². The maximum Gasteiger partial charge on any atom is 0.151 e. The average molecular weight is 280 g/mol. The van der Waals surface area contributed by atoms with E-state index >= 15 is 0 Å². The summed E-state index contributed by atoms with van der Waals surface area (Å²) in [6.07, 6.45) is 2.05. The summed E-state index contributed by atoms with van der Waals surface area (Å²) in [5, 5.41) is 4.33. The summed E-state index contributed by atoms with van der Waals surface area (Å²) in [4.78, 5) is 0. The van der Waals surface area contributed by atoms with E-state index in [4.69, 9.17) is 0 Å². The summed E-state index contributed by atoms with van der Waals surface area (Å²) in [5.74, 6) is 0.400. The first-order chi connectivity index (χ1) is 9.07. The molecule has 0 bridgehead atoms. The smallest absolute Gasteiger partial charge is 0.151 e. The molecule has 2 aromatic rings. The van der Waals surface area contributed by atoms with Crippen LogP contribution in [0.2, 0.25) is 0 Å². The van der Waals surface area contributed by atoms with E-state index in [2.05, 4.69) is 11.4 Å². The van der Waals surface area contributed by atoms with E-state index < -0.39 is 9.84 Å². The second-order valence-corrected chi connectivity index (χ2v) is 7.10. The van der Waals surface area contributed by atoms with Crippen LogP contribution < -0.4 is 5.32 Å². The average Bonchev–Trinajstić information content (AvgIpc) is 2.76. The summed E-state index contributed by atoms with van der Waals surface area (Å²) in [7, 11) is -1.02. The number of nitrogens with one attached hydrogen (secondary N) is 1. The summed E-state index contributed by atoms with van der Waals surface area (Å²) < 4.78 is 25.3. The lowest BCUT2D eigenvalue weighted by atomic mass is 10.2. The normalized spacial score (nSPS) is 12.1. The first kappa shape index (κ1) is 14.1. The molecule has 1 N–H and O–H groups in total. The maximum atomic E-state index is 11.6. The van der Waals surface area contributed by atoms with Crippen molar-refractivity contribution >= 4 is 20.7 Å². The highest BCUT2D eigenvalue weighted by molar-refractivity contribution is 7.91. The molecule has 1 aromatic carbocycles. The van der Waals surface area contributed by atoms with Crippen LogP contribution in [0.4, 0.5) is 0 Å². The van der Waals surface area contributed by atoms with Gasteiger partial charge < -0.3 is 9.88 Å². The zero-order valence-electron chi connectivity index (χ0n) is 11.4. The SMILES string of the molecule is CCS(=O)(=O)CCn1cc(CNC)c2ccccc21. The van der Waals surface area contributed by atoms with Crippen molar-refractivity contribution in [2.75, 3.05) is 18.6 Å². The van der Waals surface area contributed by atoms with Crippen LogP contribution in [0.5, 0.6) is 0 Å². The second kappa shape index (κ2) is 5.75. The van der Waals surface area contributed by atoms with E-state index in [0.717, 1.165) is 12.1 Å². The van der Waals surface area contributed by atoms with Gasteiger partial charge in [0, 0.05) is 35.9 Å². The molecule has 0 spiro atoms. The third-order valence-electron chi connectivity index (χ3n) is 3.32. The van der Waals surface area contributed by atoms with Gasteiger partial charge in [0.1, 0.15) is 0 Å². The molecule has 0 aliphatic heterocycles. The number of fused-ring (bicyclic) bond motifs is 1. The topological polar surface area (TPSA) is 51.1 Å². The lowest BCUT2D eigenvalue weighted by Gasteiger charge is -2.05. The van der Waals surface area contributed by atoms with E-state index in [9.17, 15) is 8.42 Å². The molecule has 0 atom stereocenters. The summed E-state index contributed by atoms with van der Waals surface area (Å²) >= 11 is 0. The predicted molar refractivity (Wildman–Crippen MR) is 79.0 cm³/mol. The Morgan fingerprint density at radius 1 is 1.26 bits per heavy atom. The number of hydrogen-bond acceptors (Lipinski definition) is 3. The van der Waals surface area contributed by atoms with Gasteiger partial charge in [-0.05, 0) is 18.7 Å². The van der Waals surface area contributed by atoms with Crippen LogP contribution in [0.1, 0.15) is 12.5 Å². The molecule has 5 heteroatoms. The van der Waals surface area contributed by atoms with Crippen molar-refractivity contribution in [2.24, 2.45) is 0 Å². The first-order valence-corrected chi connectivity index (χ1v) is 8.31. The molecule has 4 nitrogen and oxygen atoms in total. The van der Waals surface area contributed by atoms with Gasteiger partial charge in [-0.25, -0.2) is 8.42 Å². The van der Waals surface area contributed by atoms with Gasteiger partial charge in [-0.15, -0.1) is 0 Å². The van der Waals surface area contributed by atoms with Crippen molar-refractivity contribution < 1.29 is 8.42 Å². The molecule has 1 heterocycles. The van der Waals surface area contributed by atoms with Crippen molar-refractivity contribution in [3.8, 4) is 0 Å². The van der Waals surface area contributed by atoms with E-state index in [0.29, 0.717) is 6.54 Å². The lowest BCUT2D eigenvalue weighted by molar-refractivity contribution is 0.591. The van der Waals surface area contributed by atoms with Crippen LogP contribution in [-0.4, -0.2) is 31.5 Å². The molecule has 0 fully saturated rings. The van der Waals surface area contributed by atoms with Crippen molar-refractivity contribution in [1.82, 2.24) is 9.88 Å². The van der Waals surface area contributed by atoms with Crippen LogP contribution in [0, 0.1) is 0 Å². The number of nitrogens with zero attached hydrogens (tertiary/aromatic N) is 1. The Hall–Kier alpha value is -1.33.